The molecule has 0 saturated carbocycles. The summed E-state index contributed by atoms with van der Waals surface area (Å²) in [6.07, 6.45) is 0.0899. The molecular formula is C22H19N3O2S. The van der Waals surface area contributed by atoms with Gasteiger partial charge in [-0.3, -0.25) is 9.59 Å². The molecule has 0 radical (unpaired) electrons. The first-order valence-electron chi connectivity index (χ1n) is 8.99. The molecule has 1 aliphatic rings. The van der Waals surface area contributed by atoms with Crippen LogP contribution in [0.15, 0.2) is 71.7 Å². The number of benzene rings is 3. The number of aliphatic imine (C=N–C) groups is 1. The highest BCUT2D eigenvalue weighted by molar-refractivity contribution is 8.15. The van der Waals surface area contributed by atoms with Crippen LogP contribution in [0.3, 0.4) is 0 Å². The van der Waals surface area contributed by atoms with Crippen molar-refractivity contribution < 1.29 is 9.59 Å². The Labute approximate surface area is 167 Å². The largest absolute Gasteiger partial charge is 0.325 e. The summed E-state index contributed by atoms with van der Waals surface area (Å²) < 4.78 is 0. The summed E-state index contributed by atoms with van der Waals surface area (Å²) in [6, 6.07) is 21.4. The van der Waals surface area contributed by atoms with E-state index in [9.17, 15) is 9.59 Å². The second-order valence-electron chi connectivity index (χ2n) is 6.63. The van der Waals surface area contributed by atoms with Crippen LogP contribution in [0.4, 0.5) is 11.4 Å². The van der Waals surface area contributed by atoms with Crippen LogP contribution in [0.25, 0.3) is 10.8 Å². The molecule has 3 aromatic rings. The van der Waals surface area contributed by atoms with Gasteiger partial charge in [0, 0.05) is 17.5 Å². The third-order valence-electron chi connectivity index (χ3n) is 4.48. The summed E-state index contributed by atoms with van der Waals surface area (Å²) >= 11 is 1.29. The Balaban J connectivity index is 1.43. The Bertz CT molecular complexity index is 1070. The van der Waals surface area contributed by atoms with Gasteiger partial charge in [-0.05, 0) is 30.5 Å². The molecule has 1 aliphatic heterocycles. The van der Waals surface area contributed by atoms with Gasteiger partial charge in [0.05, 0.1) is 5.69 Å². The minimum Gasteiger partial charge on any atom is -0.325 e. The Kier molecular flexibility index (Phi) is 5.12. The van der Waals surface area contributed by atoms with Crippen LogP contribution in [0.1, 0.15) is 12.0 Å². The van der Waals surface area contributed by atoms with Crippen molar-refractivity contribution in [1.82, 2.24) is 5.32 Å². The molecule has 0 spiro atoms. The third-order valence-corrected chi connectivity index (χ3v) is 5.56. The van der Waals surface area contributed by atoms with E-state index in [0.717, 1.165) is 27.7 Å². The van der Waals surface area contributed by atoms with Crippen molar-refractivity contribution in [3.63, 3.8) is 0 Å². The highest BCUT2D eigenvalue weighted by atomic mass is 32.2. The number of amidine groups is 1. The molecule has 3 aromatic carbocycles. The van der Waals surface area contributed by atoms with E-state index >= 15 is 0 Å². The first kappa shape index (κ1) is 18.3. The van der Waals surface area contributed by atoms with Gasteiger partial charge < -0.3 is 10.6 Å². The van der Waals surface area contributed by atoms with Crippen molar-refractivity contribution in [2.45, 2.75) is 18.6 Å². The molecule has 6 heteroatoms. The van der Waals surface area contributed by atoms with Gasteiger partial charge in [0.2, 0.25) is 11.8 Å². The molecule has 2 N–H and O–H groups in total. The quantitative estimate of drug-likeness (QED) is 0.695. The average Bonchev–Trinajstić information content (AvgIpc) is 3.02. The average molecular weight is 389 g/mol. The SMILES string of the molecule is Cc1ccc(N=C2NC(=O)[C@@H](CC(=O)Nc3cccc4ccccc34)S2)cc1. The molecule has 0 unspecified atom stereocenters. The number of thioether (sulfide) groups is 1. The van der Waals surface area contributed by atoms with Gasteiger partial charge in [0.1, 0.15) is 5.25 Å². The van der Waals surface area contributed by atoms with Crippen molar-refractivity contribution in [1.29, 1.82) is 0 Å². The number of aryl methyl sites for hydroxylation is 1. The Morgan fingerprint density at radius 2 is 1.82 bits per heavy atom. The van der Waals surface area contributed by atoms with Crippen molar-refractivity contribution in [3.05, 3.63) is 72.3 Å². The summed E-state index contributed by atoms with van der Waals surface area (Å²) in [6.45, 7) is 2.01. The third kappa shape index (κ3) is 4.07. The van der Waals surface area contributed by atoms with Crippen LogP contribution in [-0.4, -0.2) is 22.2 Å². The lowest BCUT2D eigenvalue weighted by molar-refractivity contribution is -0.122. The lowest BCUT2D eigenvalue weighted by atomic mass is 10.1. The molecule has 140 valence electrons. The summed E-state index contributed by atoms with van der Waals surface area (Å²) in [5.74, 6) is -0.385. The van der Waals surface area contributed by atoms with Crippen LogP contribution in [-0.2, 0) is 9.59 Å². The number of amides is 2. The summed E-state index contributed by atoms with van der Waals surface area (Å²) in [7, 11) is 0. The molecule has 5 nitrogen and oxygen atoms in total. The fourth-order valence-electron chi connectivity index (χ4n) is 3.03. The lowest BCUT2D eigenvalue weighted by Gasteiger charge is -2.10. The van der Waals surface area contributed by atoms with Gasteiger partial charge in [-0.25, -0.2) is 4.99 Å². The second-order valence-corrected chi connectivity index (χ2v) is 7.82. The number of nitrogens with one attached hydrogen (secondary N) is 2. The van der Waals surface area contributed by atoms with Crippen molar-refractivity contribution in [2.75, 3.05) is 5.32 Å². The molecule has 1 atom stereocenters. The first-order valence-corrected chi connectivity index (χ1v) is 9.87. The minimum atomic E-state index is -0.487. The van der Waals surface area contributed by atoms with Gasteiger partial charge in [-0.1, -0.05) is 65.9 Å². The van der Waals surface area contributed by atoms with E-state index in [2.05, 4.69) is 15.6 Å². The maximum atomic E-state index is 12.5. The fraction of sp³-hybridized carbons (Fsp3) is 0.136. The number of anilines is 1. The molecule has 0 aliphatic carbocycles. The molecule has 28 heavy (non-hydrogen) atoms. The smallest absolute Gasteiger partial charge is 0.240 e. The summed E-state index contributed by atoms with van der Waals surface area (Å²) in [5.41, 5.74) is 2.67. The lowest BCUT2D eigenvalue weighted by Crippen LogP contribution is -2.28. The predicted octanol–water partition coefficient (Wildman–Crippen LogP) is 4.40. The van der Waals surface area contributed by atoms with E-state index < -0.39 is 5.25 Å². The number of carbonyl (C=O) groups excluding carboxylic acids is 2. The van der Waals surface area contributed by atoms with Crippen LogP contribution in [0, 0.1) is 6.92 Å². The predicted molar refractivity (Wildman–Crippen MR) is 115 cm³/mol. The highest BCUT2D eigenvalue weighted by Gasteiger charge is 2.32. The molecule has 2 amide bonds. The summed E-state index contributed by atoms with van der Waals surface area (Å²) in [5, 5.41) is 7.76. The number of rotatable bonds is 4. The van der Waals surface area contributed by atoms with E-state index in [4.69, 9.17) is 0 Å². The van der Waals surface area contributed by atoms with Gasteiger partial charge >= 0.3 is 0 Å². The number of carbonyl (C=O) groups is 2. The number of hydrogen-bond acceptors (Lipinski definition) is 4. The van der Waals surface area contributed by atoms with E-state index in [-0.39, 0.29) is 18.2 Å². The highest BCUT2D eigenvalue weighted by Crippen LogP contribution is 2.27. The fourth-order valence-corrected chi connectivity index (χ4v) is 4.02. The van der Waals surface area contributed by atoms with Crippen LogP contribution in [0.2, 0.25) is 0 Å². The maximum Gasteiger partial charge on any atom is 0.240 e. The number of nitrogens with zero attached hydrogens (tertiary/aromatic N) is 1. The molecule has 4 rings (SSSR count). The molecule has 1 heterocycles. The topological polar surface area (TPSA) is 70.6 Å². The van der Waals surface area contributed by atoms with Gasteiger partial charge in [0.15, 0.2) is 5.17 Å². The van der Waals surface area contributed by atoms with Crippen molar-refractivity contribution >= 4 is 50.9 Å². The van der Waals surface area contributed by atoms with Gasteiger partial charge in [-0.2, -0.15) is 0 Å². The van der Waals surface area contributed by atoms with E-state index in [0.29, 0.717) is 5.17 Å². The zero-order chi connectivity index (χ0) is 19.5. The Hall–Kier alpha value is -3.12. The zero-order valence-electron chi connectivity index (χ0n) is 15.3. The first-order chi connectivity index (χ1) is 13.6. The van der Waals surface area contributed by atoms with E-state index in [1.807, 2.05) is 73.7 Å². The van der Waals surface area contributed by atoms with Crippen LogP contribution < -0.4 is 10.6 Å². The molecule has 0 aromatic heterocycles. The van der Waals surface area contributed by atoms with Gasteiger partial charge in [-0.15, -0.1) is 0 Å². The Morgan fingerprint density at radius 3 is 2.64 bits per heavy atom. The van der Waals surface area contributed by atoms with E-state index in [1.165, 1.54) is 11.8 Å². The van der Waals surface area contributed by atoms with E-state index in [1.54, 1.807) is 0 Å². The normalized spacial score (nSPS) is 17.7. The zero-order valence-corrected chi connectivity index (χ0v) is 16.1. The summed E-state index contributed by atoms with van der Waals surface area (Å²) in [4.78, 5) is 29.2. The standard InChI is InChI=1S/C22H19N3O2S/c1-14-9-11-16(12-10-14)23-22-25-21(27)19(28-22)13-20(26)24-18-8-4-6-15-5-2-3-7-17(15)18/h2-12,19H,13H2,1H3,(H,24,26)(H,23,25,27)/t19-/m1/s1. The maximum absolute atomic E-state index is 12.5. The van der Waals surface area contributed by atoms with Crippen molar-refractivity contribution in [2.24, 2.45) is 4.99 Å². The van der Waals surface area contributed by atoms with Crippen LogP contribution >= 0.6 is 11.8 Å². The molecular weight excluding hydrogens is 370 g/mol. The molecule has 0 bridgehead atoms. The molecule has 1 fully saturated rings. The number of hydrogen-bond donors (Lipinski definition) is 2. The second kappa shape index (κ2) is 7.86. The van der Waals surface area contributed by atoms with Gasteiger partial charge in [0.25, 0.3) is 0 Å². The van der Waals surface area contributed by atoms with Crippen molar-refractivity contribution in [3.8, 4) is 0 Å². The molecule has 1 saturated heterocycles. The number of fused-ring (bicyclic) bond motifs is 1. The van der Waals surface area contributed by atoms with Crippen LogP contribution in [0.5, 0.6) is 0 Å². The minimum absolute atomic E-state index is 0.0899. The Morgan fingerprint density at radius 1 is 1.07 bits per heavy atom. The monoisotopic (exact) mass is 389 g/mol.